The molecule has 0 radical (unpaired) electrons. The minimum Gasteiger partial charge on any atom is -0.457 e. The molecule has 20 heavy (non-hydrogen) atoms. The minimum absolute atomic E-state index is 0.0741. The molecule has 2 rings (SSSR count). The van der Waals surface area contributed by atoms with Gasteiger partial charge in [0.2, 0.25) is 5.91 Å². The Kier molecular flexibility index (Phi) is 4.32. The van der Waals surface area contributed by atoms with Crippen LogP contribution in [0.5, 0.6) is 11.5 Å². The number of nitrogens with zero attached hydrogens (tertiary/aromatic N) is 1. The Morgan fingerprint density at radius 2 is 1.90 bits per heavy atom. The summed E-state index contributed by atoms with van der Waals surface area (Å²) < 4.78 is 5.64. The van der Waals surface area contributed by atoms with E-state index >= 15 is 0 Å². The van der Waals surface area contributed by atoms with Gasteiger partial charge in [0, 0.05) is 11.8 Å². The van der Waals surface area contributed by atoms with Crippen molar-refractivity contribution in [3.8, 4) is 17.6 Å². The van der Waals surface area contributed by atoms with Gasteiger partial charge in [0.1, 0.15) is 11.5 Å². The van der Waals surface area contributed by atoms with Crippen molar-refractivity contribution >= 4 is 11.6 Å². The standard InChI is InChI=1S/C15H13N3O2/c16-9-11-3-1-5-13(7-11)20-14-6-2-4-12(8-14)18-15(19)10-17/h1-8H,10,17H2,(H,18,19). The Bertz CT molecular complexity index is 662. The molecule has 0 aliphatic rings. The highest BCUT2D eigenvalue weighted by molar-refractivity contribution is 5.92. The lowest BCUT2D eigenvalue weighted by molar-refractivity contribution is -0.114. The summed E-state index contributed by atoms with van der Waals surface area (Å²) in [7, 11) is 0. The Balaban J connectivity index is 2.15. The van der Waals surface area contributed by atoms with Gasteiger partial charge in [0.05, 0.1) is 18.2 Å². The number of amides is 1. The third-order valence-electron chi connectivity index (χ3n) is 2.50. The molecule has 0 unspecified atom stereocenters. The van der Waals surface area contributed by atoms with Crippen molar-refractivity contribution in [1.82, 2.24) is 0 Å². The zero-order valence-corrected chi connectivity index (χ0v) is 10.7. The molecule has 0 bridgehead atoms. The van der Waals surface area contributed by atoms with E-state index in [1.165, 1.54) is 0 Å². The predicted molar refractivity (Wildman–Crippen MR) is 75.4 cm³/mol. The van der Waals surface area contributed by atoms with Gasteiger partial charge in [0.25, 0.3) is 0 Å². The summed E-state index contributed by atoms with van der Waals surface area (Å²) in [4.78, 5) is 11.2. The number of benzene rings is 2. The number of hydrogen-bond donors (Lipinski definition) is 2. The summed E-state index contributed by atoms with van der Waals surface area (Å²) in [5.74, 6) is 0.856. The average molecular weight is 267 g/mol. The summed E-state index contributed by atoms with van der Waals surface area (Å²) in [6.07, 6.45) is 0. The van der Waals surface area contributed by atoms with Crippen molar-refractivity contribution in [2.45, 2.75) is 0 Å². The van der Waals surface area contributed by atoms with E-state index in [1.54, 1.807) is 48.5 Å². The number of carbonyl (C=O) groups excluding carboxylic acids is 1. The monoisotopic (exact) mass is 267 g/mol. The smallest absolute Gasteiger partial charge is 0.238 e. The van der Waals surface area contributed by atoms with Crippen LogP contribution in [0, 0.1) is 11.3 Å². The van der Waals surface area contributed by atoms with Gasteiger partial charge in [-0.2, -0.15) is 5.26 Å². The van der Waals surface area contributed by atoms with Gasteiger partial charge < -0.3 is 15.8 Å². The van der Waals surface area contributed by atoms with Gasteiger partial charge in [0.15, 0.2) is 0 Å². The highest BCUT2D eigenvalue weighted by Crippen LogP contribution is 2.24. The fourth-order valence-electron chi connectivity index (χ4n) is 1.61. The van der Waals surface area contributed by atoms with Gasteiger partial charge in [-0.1, -0.05) is 12.1 Å². The lowest BCUT2D eigenvalue weighted by atomic mass is 10.2. The number of nitrogens with one attached hydrogen (secondary N) is 1. The van der Waals surface area contributed by atoms with E-state index in [0.717, 1.165) is 0 Å². The van der Waals surface area contributed by atoms with Crippen LogP contribution >= 0.6 is 0 Å². The fraction of sp³-hybridized carbons (Fsp3) is 0.0667. The third kappa shape index (κ3) is 3.57. The highest BCUT2D eigenvalue weighted by atomic mass is 16.5. The molecular formula is C15H13N3O2. The topological polar surface area (TPSA) is 88.1 Å². The van der Waals surface area contributed by atoms with Crippen LogP contribution in [-0.2, 0) is 4.79 Å². The first-order chi connectivity index (χ1) is 9.71. The van der Waals surface area contributed by atoms with E-state index in [4.69, 9.17) is 15.7 Å². The van der Waals surface area contributed by atoms with Crippen molar-refractivity contribution in [1.29, 1.82) is 5.26 Å². The Hall–Kier alpha value is -2.84. The summed E-state index contributed by atoms with van der Waals surface area (Å²) in [5, 5.41) is 11.5. The second kappa shape index (κ2) is 6.36. The lowest BCUT2D eigenvalue weighted by Crippen LogP contribution is -2.21. The second-order valence-corrected chi connectivity index (χ2v) is 4.02. The van der Waals surface area contributed by atoms with E-state index in [1.807, 2.05) is 6.07 Å². The molecule has 0 atom stereocenters. The SMILES string of the molecule is N#Cc1cccc(Oc2cccc(NC(=O)CN)c2)c1. The van der Waals surface area contributed by atoms with Crippen LogP contribution in [0.3, 0.4) is 0 Å². The number of nitriles is 1. The summed E-state index contributed by atoms with van der Waals surface area (Å²) >= 11 is 0. The molecule has 100 valence electrons. The van der Waals surface area contributed by atoms with Crippen molar-refractivity contribution < 1.29 is 9.53 Å². The van der Waals surface area contributed by atoms with E-state index in [0.29, 0.717) is 22.7 Å². The number of ether oxygens (including phenoxy) is 1. The molecule has 0 heterocycles. The van der Waals surface area contributed by atoms with Gasteiger partial charge in [-0.15, -0.1) is 0 Å². The summed E-state index contributed by atoms with van der Waals surface area (Å²) in [5.41, 5.74) is 6.37. The first kappa shape index (κ1) is 13.6. The zero-order chi connectivity index (χ0) is 14.4. The van der Waals surface area contributed by atoms with Crippen molar-refractivity contribution in [3.63, 3.8) is 0 Å². The fourth-order valence-corrected chi connectivity index (χ4v) is 1.61. The Labute approximate surface area is 116 Å². The van der Waals surface area contributed by atoms with Crippen LogP contribution in [0.25, 0.3) is 0 Å². The average Bonchev–Trinajstić information content (AvgIpc) is 2.47. The number of hydrogen-bond acceptors (Lipinski definition) is 4. The predicted octanol–water partition coefficient (Wildman–Crippen LogP) is 2.25. The van der Waals surface area contributed by atoms with E-state index in [9.17, 15) is 4.79 Å². The molecule has 0 aromatic heterocycles. The molecule has 0 saturated carbocycles. The molecule has 5 nitrogen and oxygen atoms in total. The maximum absolute atomic E-state index is 11.2. The van der Waals surface area contributed by atoms with Crippen molar-refractivity contribution in [2.75, 3.05) is 11.9 Å². The maximum Gasteiger partial charge on any atom is 0.238 e. The van der Waals surface area contributed by atoms with E-state index in [-0.39, 0.29) is 12.5 Å². The molecule has 0 aliphatic carbocycles. The van der Waals surface area contributed by atoms with Gasteiger partial charge in [-0.05, 0) is 30.3 Å². The molecule has 2 aromatic rings. The Morgan fingerprint density at radius 3 is 2.60 bits per heavy atom. The first-order valence-electron chi connectivity index (χ1n) is 5.99. The quantitative estimate of drug-likeness (QED) is 0.889. The zero-order valence-electron chi connectivity index (χ0n) is 10.7. The van der Waals surface area contributed by atoms with Crippen LogP contribution in [0.1, 0.15) is 5.56 Å². The number of nitrogens with two attached hydrogens (primary N) is 1. The lowest BCUT2D eigenvalue weighted by Gasteiger charge is -2.08. The molecule has 0 saturated heterocycles. The number of carbonyl (C=O) groups is 1. The normalized spacial score (nSPS) is 9.60. The maximum atomic E-state index is 11.2. The number of rotatable bonds is 4. The van der Waals surface area contributed by atoms with E-state index in [2.05, 4.69) is 5.32 Å². The summed E-state index contributed by atoms with van der Waals surface area (Å²) in [6.45, 7) is -0.0741. The van der Waals surface area contributed by atoms with Crippen LogP contribution in [0.2, 0.25) is 0 Å². The van der Waals surface area contributed by atoms with Crippen LogP contribution in [-0.4, -0.2) is 12.5 Å². The molecule has 3 N–H and O–H groups in total. The molecule has 0 spiro atoms. The molecule has 2 aromatic carbocycles. The third-order valence-corrected chi connectivity index (χ3v) is 2.50. The molecule has 0 fully saturated rings. The van der Waals surface area contributed by atoms with Gasteiger partial charge in [-0.3, -0.25) is 4.79 Å². The van der Waals surface area contributed by atoms with Gasteiger partial charge in [-0.25, -0.2) is 0 Å². The minimum atomic E-state index is -0.270. The molecular weight excluding hydrogens is 254 g/mol. The van der Waals surface area contributed by atoms with Crippen molar-refractivity contribution in [2.24, 2.45) is 5.73 Å². The Morgan fingerprint density at radius 1 is 1.20 bits per heavy atom. The first-order valence-corrected chi connectivity index (χ1v) is 5.99. The number of anilines is 1. The van der Waals surface area contributed by atoms with Crippen molar-refractivity contribution in [3.05, 3.63) is 54.1 Å². The highest BCUT2D eigenvalue weighted by Gasteiger charge is 2.02. The van der Waals surface area contributed by atoms with Crippen LogP contribution < -0.4 is 15.8 Å². The summed E-state index contributed by atoms with van der Waals surface area (Å²) in [6, 6.07) is 15.8. The molecule has 5 heteroatoms. The molecule has 1 amide bonds. The van der Waals surface area contributed by atoms with E-state index < -0.39 is 0 Å². The van der Waals surface area contributed by atoms with Crippen LogP contribution in [0.4, 0.5) is 5.69 Å². The molecule has 0 aliphatic heterocycles. The van der Waals surface area contributed by atoms with Crippen LogP contribution in [0.15, 0.2) is 48.5 Å². The second-order valence-electron chi connectivity index (χ2n) is 4.02. The largest absolute Gasteiger partial charge is 0.457 e. The van der Waals surface area contributed by atoms with Gasteiger partial charge >= 0.3 is 0 Å².